The zero-order valence-electron chi connectivity index (χ0n) is 12.5. The van der Waals surface area contributed by atoms with E-state index >= 15 is 0 Å². The summed E-state index contributed by atoms with van der Waals surface area (Å²) in [6, 6.07) is 14.8. The van der Waals surface area contributed by atoms with Crippen LogP contribution in [0.2, 0.25) is 0 Å². The monoisotopic (exact) mass is 303 g/mol. The van der Waals surface area contributed by atoms with Crippen LogP contribution < -0.4 is 15.5 Å². The van der Waals surface area contributed by atoms with Crippen LogP contribution in [0.4, 0.5) is 16.2 Å². The Morgan fingerprint density at radius 3 is 2.59 bits per heavy atom. The van der Waals surface area contributed by atoms with Gasteiger partial charge in [-0.3, -0.25) is 5.32 Å². The fraction of sp³-hybridized carbons (Fsp3) is 0.188. The SMILES string of the molecule is CO[NH2+]c1ccc(OC)c(NC(=O)OCc2ccccc2)c1. The van der Waals surface area contributed by atoms with Crippen LogP contribution in [0.5, 0.6) is 5.75 Å². The van der Waals surface area contributed by atoms with Crippen LogP contribution in [0, 0.1) is 0 Å². The lowest BCUT2D eigenvalue weighted by atomic mass is 10.2. The van der Waals surface area contributed by atoms with Gasteiger partial charge in [0, 0.05) is 12.1 Å². The number of nitrogens with two attached hydrogens (primary N) is 1. The van der Waals surface area contributed by atoms with Gasteiger partial charge in [0.05, 0.1) is 19.9 Å². The second-order valence-corrected chi connectivity index (χ2v) is 4.50. The van der Waals surface area contributed by atoms with Crippen molar-refractivity contribution >= 4 is 17.5 Å². The van der Waals surface area contributed by atoms with Gasteiger partial charge in [-0.15, -0.1) is 0 Å². The first kappa shape index (κ1) is 15.8. The molecule has 116 valence electrons. The number of hydrogen-bond acceptors (Lipinski definition) is 4. The second kappa shape index (κ2) is 8.02. The Hall–Kier alpha value is -2.57. The molecule has 2 aromatic rings. The Balaban J connectivity index is 1.99. The molecule has 0 aromatic heterocycles. The molecule has 1 amide bonds. The summed E-state index contributed by atoms with van der Waals surface area (Å²) in [6.07, 6.45) is -0.545. The Morgan fingerprint density at radius 1 is 1.14 bits per heavy atom. The first-order valence-corrected chi connectivity index (χ1v) is 6.74. The van der Waals surface area contributed by atoms with E-state index in [1.54, 1.807) is 24.7 Å². The van der Waals surface area contributed by atoms with Gasteiger partial charge in [0.15, 0.2) is 5.69 Å². The molecule has 0 saturated heterocycles. The molecule has 0 aliphatic heterocycles. The maximum atomic E-state index is 11.9. The van der Waals surface area contributed by atoms with Crippen LogP contribution in [-0.2, 0) is 16.2 Å². The normalized spacial score (nSPS) is 10.1. The van der Waals surface area contributed by atoms with Gasteiger partial charge in [-0.25, -0.2) is 9.63 Å². The molecule has 2 rings (SSSR count). The molecule has 0 spiro atoms. The molecular formula is C16H19N2O4+. The van der Waals surface area contributed by atoms with E-state index in [1.165, 1.54) is 7.11 Å². The summed E-state index contributed by atoms with van der Waals surface area (Å²) < 4.78 is 10.4. The molecule has 0 aliphatic rings. The van der Waals surface area contributed by atoms with Gasteiger partial charge in [-0.05, 0) is 11.6 Å². The van der Waals surface area contributed by atoms with Crippen molar-refractivity contribution in [1.82, 2.24) is 0 Å². The summed E-state index contributed by atoms with van der Waals surface area (Å²) in [4.78, 5) is 16.8. The van der Waals surface area contributed by atoms with Gasteiger partial charge in [-0.1, -0.05) is 30.3 Å². The Bertz CT molecular complexity index is 617. The first-order chi connectivity index (χ1) is 10.7. The Labute approximate surface area is 129 Å². The van der Waals surface area contributed by atoms with Crippen LogP contribution in [0.1, 0.15) is 5.56 Å². The van der Waals surface area contributed by atoms with E-state index in [9.17, 15) is 4.79 Å². The molecule has 0 radical (unpaired) electrons. The first-order valence-electron chi connectivity index (χ1n) is 6.74. The number of amides is 1. The average molecular weight is 303 g/mol. The lowest BCUT2D eigenvalue weighted by Crippen LogP contribution is -2.75. The van der Waals surface area contributed by atoms with Crippen molar-refractivity contribution in [2.45, 2.75) is 6.61 Å². The van der Waals surface area contributed by atoms with Gasteiger partial charge >= 0.3 is 6.09 Å². The molecule has 0 fully saturated rings. The van der Waals surface area contributed by atoms with Crippen LogP contribution in [0.15, 0.2) is 48.5 Å². The van der Waals surface area contributed by atoms with E-state index in [2.05, 4.69) is 5.32 Å². The predicted molar refractivity (Wildman–Crippen MR) is 81.8 cm³/mol. The summed E-state index contributed by atoms with van der Waals surface area (Å²) >= 11 is 0. The number of nitrogens with one attached hydrogen (secondary N) is 1. The van der Waals surface area contributed by atoms with Crippen LogP contribution in [-0.4, -0.2) is 20.3 Å². The summed E-state index contributed by atoms with van der Waals surface area (Å²) in [5.41, 5.74) is 3.82. The molecular weight excluding hydrogens is 284 g/mol. The number of carbonyl (C=O) groups excluding carboxylic acids is 1. The van der Waals surface area contributed by atoms with Crippen LogP contribution in [0.25, 0.3) is 0 Å². The van der Waals surface area contributed by atoms with E-state index in [0.717, 1.165) is 11.3 Å². The molecule has 6 nitrogen and oxygen atoms in total. The van der Waals surface area contributed by atoms with E-state index < -0.39 is 6.09 Å². The third-order valence-electron chi connectivity index (χ3n) is 2.93. The molecule has 3 N–H and O–H groups in total. The number of ether oxygens (including phenoxy) is 2. The summed E-state index contributed by atoms with van der Waals surface area (Å²) in [5.74, 6) is 0.546. The molecule has 2 aromatic carbocycles. The quantitative estimate of drug-likeness (QED) is 0.634. The van der Waals surface area contributed by atoms with E-state index in [-0.39, 0.29) is 6.61 Å². The van der Waals surface area contributed by atoms with Crippen LogP contribution in [0.3, 0.4) is 0 Å². The molecule has 0 heterocycles. The van der Waals surface area contributed by atoms with Gasteiger partial charge in [0.25, 0.3) is 0 Å². The maximum absolute atomic E-state index is 11.9. The molecule has 0 bridgehead atoms. The standard InChI is InChI=1S/C16H18N2O4/c1-20-15-9-8-13(18-21-2)10-14(15)17-16(19)22-11-12-6-4-3-5-7-12/h3-10,18H,11H2,1-2H3,(H,17,19)/p+1. The van der Waals surface area contributed by atoms with Crippen molar-refractivity contribution in [3.05, 3.63) is 54.1 Å². The highest BCUT2D eigenvalue weighted by atomic mass is 16.6. The highest BCUT2D eigenvalue weighted by molar-refractivity contribution is 5.87. The Morgan fingerprint density at radius 2 is 1.91 bits per heavy atom. The number of benzene rings is 2. The average Bonchev–Trinajstić information content (AvgIpc) is 2.54. The van der Waals surface area contributed by atoms with Crippen molar-refractivity contribution in [2.24, 2.45) is 0 Å². The highest BCUT2D eigenvalue weighted by Crippen LogP contribution is 2.26. The number of carbonyl (C=O) groups is 1. The molecule has 0 saturated carbocycles. The predicted octanol–water partition coefficient (Wildman–Crippen LogP) is 2.20. The van der Waals surface area contributed by atoms with E-state index in [4.69, 9.17) is 14.3 Å². The van der Waals surface area contributed by atoms with Crippen molar-refractivity contribution in [2.75, 3.05) is 19.5 Å². The van der Waals surface area contributed by atoms with Gasteiger partial charge in [0.1, 0.15) is 12.4 Å². The lowest BCUT2D eigenvalue weighted by Gasteiger charge is -2.11. The van der Waals surface area contributed by atoms with E-state index in [0.29, 0.717) is 11.4 Å². The maximum Gasteiger partial charge on any atom is 0.412 e. The zero-order valence-corrected chi connectivity index (χ0v) is 12.5. The number of hydrogen-bond donors (Lipinski definition) is 2. The number of anilines is 1. The van der Waals surface area contributed by atoms with Crippen molar-refractivity contribution in [3.8, 4) is 5.75 Å². The minimum atomic E-state index is -0.545. The minimum absolute atomic E-state index is 0.207. The second-order valence-electron chi connectivity index (χ2n) is 4.50. The van der Waals surface area contributed by atoms with Gasteiger partial charge < -0.3 is 9.47 Å². The van der Waals surface area contributed by atoms with Gasteiger partial charge in [-0.2, -0.15) is 5.48 Å². The summed E-state index contributed by atoms with van der Waals surface area (Å²) in [6.45, 7) is 0.207. The highest BCUT2D eigenvalue weighted by Gasteiger charge is 2.11. The Kier molecular flexibility index (Phi) is 5.76. The molecule has 6 heteroatoms. The third-order valence-corrected chi connectivity index (χ3v) is 2.93. The molecule has 22 heavy (non-hydrogen) atoms. The van der Waals surface area contributed by atoms with E-state index in [1.807, 2.05) is 36.4 Å². The van der Waals surface area contributed by atoms with Crippen molar-refractivity contribution < 1.29 is 24.6 Å². The zero-order chi connectivity index (χ0) is 15.8. The fourth-order valence-electron chi connectivity index (χ4n) is 1.90. The summed E-state index contributed by atoms with van der Waals surface area (Å²) in [5, 5.41) is 2.67. The van der Waals surface area contributed by atoms with Crippen LogP contribution >= 0.6 is 0 Å². The number of methoxy groups -OCH3 is 1. The third kappa shape index (κ3) is 4.47. The molecule has 0 unspecified atom stereocenters. The van der Waals surface area contributed by atoms with Crippen molar-refractivity contribution in [3.63, 3.8) is 0 Å². The minimum Gasteiger partial charge on any atom is -0.495 e. The lowest BCUT2D eigenvalue weighted by molar-refractivity contribution is -0.830. The summed E-state index contributed by atoms with van der Waals surface area (Å²) in [7, 11) is 3.10. The molecule has 0 atom stereocenters. The number of rotatable bonds is 6. The fourth-order valence-corrected chi connectivity index (χ4v) is 1.90. The smallest absolute Gasteiger partial charge is 0.412 e. The molecule has 0 aliphatic carbocycles. The number of quaternary nitrogens is 1. The van der Waals surface area contributed by atoms with Crippen molar-refractivity contribution in [1.29, 1.82) is 0 Å². The largest absolute Gasteiger partial charge is 0.495 e. The van der Waals surface area contributed by atoms with Gasteiger partial charge in [0.2, 0.25) is 0 Å². The topological polar surface area (TPSA) is 73.4 Å².